The van der Waals surface area contributed by atoms with Crippen molar-refractivity contribution in [1.29, 1.82) is 0 Å². The molecule has 1 N–H and O–H groups in total. The van der Waals surface area contributed by atoms with Crippen LogP contribution in [0.2, 0.25) is 5.02 Å². The average molecular weight is 530 g/mol. The first-order chi connectivity index (χ1) is 13.3. The van der Waals surface area contributed by atoms with Gasteiger partial charge in [-0.15, -0.1) is 0 Å². The molecule has 0 saturated heterocycles. The number of aryl methyl sites for hydroxylation is 1. The lowest BCUT2D eigenvalue weighted by Gasteiger charge is -2.09. The average Bonchev–Trinajstić information content (AvgIpc) is 2.61. The molecular formula is C18H12Br2ClN3O4. The highest BCUT2D eigenvalue weighted by Crippen LogP contribution is 2.34. The Labute approximate surface area is 180 Å². The van der Waals surface area contributed by atoms with Crippen LogP contribution >= 0.6 is 43.5 Å². The Hall–Kier alpha value is -2.23. The van der Waals surface area contributed by atoms with Crippen molar-refractivity contribution >= 4 is 66.5 Å². The zero-order chi connectivity index (χ0) is 20.4. The predicted octanol–water partition coefficient (Wildman–Crippen LogP) is 4.23. The maximum atomic E-state index is 12.7. The van der Waals surface area contributed by atoms with Gasteiger partial charge in [-0.1, -0.05) is 27.5 Å². The standard InChI is InChI=1S/C18H12Br2ClN3O4/c1-9-23-15-3-2-11(19)6-12(15)18(27)24(9)22-7-10-4-13(20)17(14(21)5-10)28-8-16(25)26/h2-7H,8H2,1H3,(H,25,26). The van der Waals surface area contributed by atoms with Crippen LogP contribution in [0.15, 0.2) is 49.2 Å². The number of nitrogens with zero attached hydrogens (tertiary/aromatic N) is 3. The van der Waals surface area contributed by atoms with E-state index in [0.29, 0.717) is 26.8 Å². The molecule has 0 radical (unpaired) electrons. The number of fused-ring (bicyclic) bond motifs is 1. The number of hydrogen-bond donors (Lipinski definition) is 1. The number of carboxylic acid groups (broad SMARTS) is 1. The van der Waals surface area contributed by atoms with Crippen LogP contribution in [-0.4, -0.2) is 33.6 Å². The van der Waals surface area contributed by atoms with Crippen molar-refractivity contribution in [3.8, 4) is 5.75 Å². The maximum absolute atomic E-state index is 12.7. The number of hydrogen-bond acceptors (Lipinski definition) is 5. The number of aliphatic carboxylic acids is 1. The third-order valence-corrected chi connectivity index (χ3v) is 5.02. The molecule has 0 aliphatic carbocycles. The Kier molecular flexibility index (Phi) is 6.17. The molecule has 10 heteroatoms. The molecule has 1 heterocycles. The fraction of sp³-hybridized carbons (Fsp3) is 0.111. The molecule has 0 unspecified atom stereocenters. The van der Waals surface area contributed by atoms with E-state index in [1.165, 1.54) is 10.9 Å². The third-order valence-electron chi connectivity index (χ3n) is 3.65. The normalized spacial score (nSPS) is 11.3. The van der Waals surface area contributed by atoms with Gasteiger partial charge in [-0.3, -0.25) is 4.79 Å². The van der Waals surface area contributed by atoms with Crippen LogP contribution in [0.1, 0.15) is 11.4 Å². The summed E-state index contributed by atoms with van der Waals surface area (Å²) >= 11 is 12.8. The molecule has 1 aromatic heterocycles. The minimum absolute atomic E-state index is 0.210. The van der Waals surface area contributed by atoms with Gasteiger partial charge in [-0.25, -0.2) is 9.78 Å². The number of carbonyl (C=O) groups is 1. The van der Waals surface area contributed by atoms with E-state index in [2.05, 4.69) is 41.9 Å². The molecule has 0 bridgehead atoms. The largest absolute Gasteiger partial charge is 0.479 e. The van der Waals surface area contributed by atoms with Crippen molar-refractivity contribution in [2.75, 3.05) is 6.61 Å². The number of halogens is 3. The molecule has 0 aliphatic rings. The fourth-order valence-electron chi connectivity index (χ4n) is 2.45. The van der Waals surface area contributed by atoms with E-state index in [1.807, 2.05) is 6.07 Å². The highest BCUT2D eigenvalue weighted by Gasteiger charge is 2.11. The first-order valence-corrected chi connectivity index (χ1v) is 9.79. The molecule has 3 rings (SSSR count). The number of ether oxygens (including phenoxy) is 1. The highest BCUT2D eigenvalue weighted by molar-refractivity contribution is 9.10. The second kappa shape index (κ2) is 8.42. The fourth-order valence-corrected chi connectivity index (χ4v) is 3.80. The van der Waals surface area contributed by atoms with Crippen molar-refractivity contribution in [3.05, 3.63) is 66.0 Å². The van der Waals surface area contributed by atoms with Gasteiger partial charge >= 0.3 is 5.97 Å². The van der Waals surface area contributed by atoms with Crippen LogP contribution in [0.25, 0.3) is 10.9 Å². The van der Waals surface area contributed by atoms with Crippen molar-refractivity contribution < 1.29 is 14.6 Å². The molecular weight excluding hydrogens is 517 g/mol. The van der Waals surface area contributed by atoms with Crippen LogP contribution in [0.4, 0.5) is 0 Å². The minimum Gasteiger partial charge on any atom is -0.479 e. The number of benzene rings is 2. The summed E-state index contributed by atoms with van der Waals surface area (Å²) in [5.41, 5.74) is 0.870. The Morgan fingerprint density at radius 1 is 1.36 bits per heavy atom. The van der Waals surface area contributed by atoms with Gasteiger partial charge in [0, 0.05) is 4.47 Å². The summed E-state index contributed by atoms with van der Waals surface area (Å²) in [6.07, 6.45) is 1.46. The molecule has 144 valence electrons. The molecule has 0 spiro atoms. The summed E-state index contributed by atoms with van der Waals surface area (Å²) in [4.78, 5) is 27.8. The zero-order valence-corrected chi connectivity index (χ0v) is 18.2. The van der Waals surface area contributed by atoms with Crippen molar-refractivity contribution in [3.63, 3.8) is 0 Å². The quantitative estimate of drug-likeness (QED) is 0.500. The van der Waals surface area contributed by atoms with Gasteiger partial charge in [0.2, 0.25) is 0 Å². The predicted molar refractivity (Wildman–Crippen MR) is 114 cm³/mol. The van der Waals surface area contributed by atoms with Gasteiger partial charge in [0.05, 0.1) is 26.6 Å². The summed E-state index contributed by atoms with van der Waals surface area (Å²) in [7, 11) is 0. The Morgan fingerprint density at radius 2 is 2.11 bits per heavy atom. The number of carboxylic acids is 1. The summed E-state index contributed by atoms with van der Waals surface area (Å²) in [5, 5.41) is 13.6. The summed E-state index contributed by atoms with van der Waals surface area (Å²) in [5.74, 6) is -0.465. The van der Waals surface area contributed by atoms with Gasteiger partial charge in [0.15, 0.2) is 12.4 Å². The lowest BCUT2D eigenvalue weighted by Crippen LogP contribution is -2.20. The van der Waals surface area contributed by atoms with Gasteiger partial charge in [-0.05, 0) is 58.7 Å². The van der Waals surface area contributed by atoms with E-state index in [4.69, 9.17) is 21.4 Å². The van der Waals surface area contributed by atoms with Gasteiger partial charge < -0.3 is 9.84 Å². The molecule has 28 heavy (non-hydrogen) atoms. The Balaban J connectivity index is 1.98. The zero-order valence-electron chi connectivity index (χ0n) is 14.3. The van der Waals surface area contributed by atoms with E-state index in [9.17, 15) is 9.59 Å². The van der Waals surface area contributed by atoms with Crippen LogP contribution in [-0.2, 0) is 4.79 Å². The van der Waals surface area contributed by atoms with Crippen LogP contribution in [0.3, 0.4) is 0 Å². The molecule has 0 atom stereocenters. The van der Waals surface area contributed by atoms with Gasteiger partial charge in [0.25, 0.3) is 5.56 Å². The summed E-state index contributed by atoms with van der Waals surface area (Å²) in [6.45, 7) is 1.17. The molecule has 0 aliphatic heterocycles. The van der Waals surface area contributed by atoms with Gasteiger partial charge in [0.1, 0.15) is 5.82 Å². The van der Waals surface area contributed by atoms with E-state index >= 15 is 0 Å². The minimum atomic E-state index is -1.11. The molecule has 3 aromatic rings. The molecule has 0 fully saturated rings. The highest BCUT2D eigenvalue weighted by atomic mass is 79.9. The molecule has 0 saturated carbocycles. The lowest BCUT2D eigenvalue weighted by atomic mass is 10.2. The van der Waals surface area contributed by atoms with E-state index < -0.39 is 12.6 Å². The second-order valence-electron chi connectivity index (χ2n) is 5.68. The van der Waals surface area contributed by atoms with Crippen LogP contribution in [0.5, 0.6) is 5.75 Å². The Bertz CT molecular complexity index is 1150. The topological polar surface area (TPSA) is 93.8 Å². The first-order valence-electron chi connectivity index (χ1n) is 7.83. The van der Waals surface area contributed by atoms with Crippen LogP contribution in [0, 0.1) is 6.92 Å². The maximum Gasteiger partial charge on any atom is 0.341 e. The smallest absolute Gasteiger partial charge is 0.341 e. The summed E-state index contributed by atoms with van der Waals surface area (Å²) < 4.78 is 7.59. The third kappa shape index (κ3) is 4.43. The van der Waals surface area contributed by atoms with Crippen molar-refractivity contribution in [2.24, 2.45) is 5.10 Å². The SMILES string of the molecule is Cc1nc2ccc(Br)cc2c(=O)n1N=Cc1cc(Cl)c(OCC(=O)O)c(Br)c1. The summed E-state index contributed by atoms with van der Waals surface area (Å²) in [6, 6.07) is 8.47. The van der Waals surface area contributed by atoms with E-state index in [0.717, 1.165) is 4.47 Å². The second-order valence-corrected chi connectivity index (χ2v) is 7.86. The molecule has 2 aromatic carbocycles. The van der Waals surface area contributed by atoms with Crippen molar-refractivity contribution in [1.82, 2.24) is 9.66 Å². The monoisotopic (exact) mass is 527 g/mol. The van der Waals surface area contributed by atoms with Crippen molar-refractivity contribution in [2.45, 2.75) is 6.92 Å². The Morgan fingerprint density at radius 3 is 2.79 bits per heavy atom. The lowest BCUT2D eigenvalue weighted by molar-refractivity contribution is -0.139. The molecule has 7 nitrogen and oxygen atoms in total. The van der Waals surface area contributed by atoms with Crippen LogP contribution < -0.4 is 10.3 Å². The van der Waals surface area contributed by atoms with E-state index in [-0.39, 0.29) is 16.3 Å². The number of rotatable bonds is 5. The molecule has 0 amide bonds. The van der Waals surface area contributed by atoms with E-state index in [1.54, 1.807) is 31.2 Å². The first kappa shape index (κ1) is 20.5. The number of aromatic nitrogens is 2. The van der Waals surface area contributed by atoms with Gasteiger partial charge in [-0.2, -0.15) is 9.78 Å².